The molecule has 134 valence electrons. The van der Waals surface area contributed by atoms with Gasteiger partial charge in [-0.3, -0.25) is 4.90 Å². The molecule has 0 saturated carbocycles. The van der Waals surface area contributed by atoms with Gasteiger partial charge in [0, 0.05) is 43.8 Å². The van der Waals surface area contributed by atoms with Crippen LogP contribution in [-0.4, -0.2) is 59.3 Å². The molecule has 0 unspecified atom stereocenters. The topological polar surface area (TPSA) is 64.5 Å². The van der Waals surface area contributed by atoms with E-state index >= 15 is 0 Å². The summed E-state index contributed by atoms with van der Waals surface area (Å²) in [6.07, 6.45) is 0. The highest BCUT2D eigenvalue weighted by atomic mass is 16.3. The lowest BCUT2D eigenvalue weighted by atomic mass is 10.2. The van der Waals surface area contributed by atoms with E-state index in [0.717, 1.165) is 61.1 Å². The van der Waals surface area contributed by atoms with E-state index in [1.165, 1.54) is 0 Å². The number of β-amino-alcohol motifs (C(OH)–C–C–N with tert-alkyl or cyclic N) is 1. The van der Waals surface area contributed by atoms with Crippen LogP contribution in [0.25, 0.3) is 10.9 Å². The number of hydrogen-bond donors (Lipinski definition) is 2. The Morgan fingerprint density at radius 3 is 2.38 bits per heavy atom. The third kappa shape index (κ3) is 3.61. The van der Waals surface area contributed by atoms with E-state index in [1.54, 1.807) is 0 Å². The molecular weight excluding hydrogens is 326 g/mol. The minimum Gasteiger partial charge on any atom is -0.395 e. The molecule has 0 atom stereocenters. The van der Waals surface area contributed by atoms with Crippen LogP contribution in [-0.2, 0) is 0 Å². The summed E-state index contributed by atoms with van der Waals surface area (Å²) in [6.45, 7) is 4.49. The molecule has 6 nitrogen and oxygen atoms in total. The van der Waals surface area contributed by atoms with Crippen molar-refractivity contribution in [3.63, 3.8) is 0 Å². The lowest BCUT2D eigenvalue weighted by Gasteiger charge is -2.34. The Morgan fingerprint density at radius 2 is 1.62 bits per heavy atom. The van der Waals surface area contributed by atoms with Gasteiger partial charge in [0.15, 0.2) is 0 Å². The van der Waals surface area contributed by atoms with Crippen molar-refractivity contribution in [2.75, 3.05) is 49.5 Å². The molecule has 0 aliphatic carbocycles. The van der Waals surface area contributed by atoms with Gasteiger partial charge in [0.2, 0.25) is 5.95 Å². The highest BCUT2D eigenvalue weighted by Crippen LogP contribution is 2.26. The SMILES string of the molecule is OCCN1CCN(c2nc(Nc3ccccc3)c3ccccc3n2)CC1. The van der Waals surface area contributed by atoms with Crippen molar-refractivity contribution >= 4 is 28.4 Å². The third-order valence-electron chi connectivity index (χ3n) is 4.70. The second kappa shape index (κ2) is 7.68. The number of para-hydroxylation sites is 2. The predicted molar refractivity (Wildman–Crippen MR) is 105 cm³/mol. The molecule has 1 aliphatic rings. The first kappa shape index (κ1) is 16.8. The average Bonchev–Trinajstić information content (AvgIpc) is 2.69. The maximum atomic E-state index is 9.11. The van der Waals surface area contributed by atoms with Gasteiger partial charge in [0.05, 0.1) is 12.1 Å². The second-order valence-corrected chi connectivity index (χ2v) is 6.43. The van der Waals surface area contributed by atoms with E-state index in [1.807, 2.05) is 54.6 Å². The number of fused-ring (bicyclic) bond motifs is 1. The number of nitrogens with one attached hydrogen (secondary N) is 1. The summed E-state index contributed by atoms with van der Waals surface area (Å²) in [6, 6.07) is 18.2. The van der Waals surface area contributed by atoms with Crippen LogP contribution in [0.1, 0.15) is 0 Å². The fourth-order valence-corrected chi connectivity index (χ4v) is 3.27. The first-order valence-corrected chi connectivity index (χ1v) is 9.00. The number of aliphatic hydroxyl groups is 1. The summed E-state index contributed by atoms with van der Waals surface area (Å²) in [5.74, 6) is 1.58. The molecule has 6 heteroatoms. The summed E-state index contributed by atoms with van der Waals surface area (Å²) in [7, 11) is 0. The Hall–Kier alpha value is -2.70. The molecule has 4 rings (SSSR count). The number of anilines is 3. The van der Waals surface area contributed by atoms with Gasteiger partial charge >= 0.3 is 0 Å². The van der Waals surface area contributed by atoms with Crippen LogP contribution in [0.15, 0.2) is 54.6 Å². The van der Waals surface area contributed by atoms with Crippen molar-refractivity contribution in [3.8, 4) is 0 Å². The zero-order valence-corrected chi connectivity index (χ0v) is 14.7. The van der Waals surface area contributed by atoms with E-state index in [4.69, 9.17) is 15.1 Å². The zero-order chi connectivity index (χ0) is 17.8. The first-order valence-electron chi connectivity index (χ1n) is 9.00. The van der Waals surface area contributed by atoms with E-state index in [9.17, 15) is 0 Å². The molecule has 0 amide bonds. The summed E-state index contributed by atoms with van der Waals surface area (Å²) in [5.41, 5.74) is 1.95. The number of piperazine rings is 1. The molecular formula is C20H23N5O. The van der Waals surface area contributed by atoms with Crippen molar-refractivity contribution in [2.24, 2.45) is 0 Å². The van der Waals surface area contributed by atoms with Gasteiger partial charge in [-0.25, -0.2) is 4.98 Å². The van der Waals surface area contributed by atoms with Crippen LogP contribution >= 0.6 is 0 Å². The molecule has 1 aliphatic heterocycles. The van der Waals surface area contributed by atoms with Crippen molar-refractivity contribution < 1.29 is 5.11 Å². The van der Waals surface area contributed by atoms with E-state index in [2.05, 4.69) is 15.1 Å². The zero-order valence-electron chi connectivity index (χ0n) is 14.7. The lowest BCUT2D eigenvalue weighted by molar-refractivity contribution is 0.188. The van der Waals surface area contributed by atoms with Gasteiger partial charge in [-0.2, -0.15) is 4.98 Å². The van der Waals surface area contributed by atoms with Crippen LogP contribution in [0.3, 0.4) is 0 Å². The van der Waals surface area contributed by atoms with Crippen LogP contribution in [0.4, 0.5) is 17.5 Å². The first-order chi connectivity index (χ1) is 12.8. The predicted octanol–water partition coefficient (Wildman–Crippen LogP) is 2.49. The fraction of sp³-hybridized carbons (Fsp3) is 0.300. The Balaban J connectivity index is 1.64. The highest BCUT2D eigenvalue weighted by molar-refractivity contribution is 5.91. The van der Waals surface area contributed by atoms with Crippen molar-refractivity contribution in [1.29, 1.82) is 0 Å². The molecule has 26 heavy (non-hydrogen) atoms. The van der Waals surface area contributed by atoms with Gasteiger partial charge < -0.3 is 15.3 Å². The quantitative estimate of drug-likeness (QED) is 0.738. The molecule has 2 heterocycles. The maximum Gasteiger partial charge on any atom is 0.227 e. The molecule has 0 radical (unpaired) electrons. The molecule has 0 spiro atoms. The number of aromatic nitrogens is 2. The van der Waals surface area contributed by atoms with E-state index in [0.29, 0.717) is 0 Å². The maximum absolute atomic E-state index is 9.11. The normalized spacial score (nSPS) is 15.3. The lowest BCUT2D eigenvalue weighted by Crippen LogP contribution is -2.47. The summed E-state index contributed by atoms with van der Waals surface area (Å²) >= 11 is 0. The van der Waals surface area contributed by atoms with Crippen molar-refractivity contribution in [3.05, 3.63) is 54.6 Å². The van der Waals surface area contributed by atoms with Gasteiger partial charge in [-0.1, -0.05) is 30.3 Å². The number of aliphatic hydroxyl groups excluding tert-OH is 1. The van der Waals surface area contributed by atoms with Gasteiger partial charge in [0.25, 0.3) is 0 Å². The molecule has 2 N–H and O–H groups in total. The minimum atomic E-state index is 0.206. The Bertz CT molecular complexity index is 862. The molecule has 1 aromatic heterocycles. The highest BCUT2D eigenvalue weighted by Gasteiger charge is 2.20. The van der Waals surface area contributed by atoms with Gasteiger partial charge in [0.1, 0.15) is 5.82 Å². The summed E-state index contributed by atoms with van der Waals surface area (Å²) in [4.78, 5) is 14.1. The standard InChI is InChI=1S/C20H23N5O/c26-15-14-24-10-12-25(13-11-24)20-22-18-9-5-4-8-17(18)19(23-20)21-16-6-2-1-3-7-16/h1-9,26H,10-15H2,(H,21,22,23). The number of hydrogen-bond acceptors (Lipinski definition) is 6. The average molecular weight is 349 g/mol. The molecule has 1 saturated heterocycles. The van der Waals surface area contributed by atoms with E-state index < -0.39 is 0 Å². The van der Waals surface area contributed by atoms with Gasteiger partial charge in [-0.05, 0) is 24.3 Å². The number of benzene rings is 2. The second-order valence-electron chi connectivity index (χ2n) is 6.43. The Kier molecular flexibility index (Phi) is 4.95. The molecule has 1 fully saturated rings. The Labute approximate surface area is 153 Å². The summed E-state index contributed by atoms with van der Waals surface area (Å²) in [5, 5.41) is 13.6. The van der Waals surface area contributed by atoms with Crippen molar-refractivity contribution in [1.82, 2.24) is 14.9 Å². The number of nitrogens with zero attached hydrogens (tertiary/aromatic N) is 4. The monoisotopic (exact) mass is 349 g/mol. The van der Waals surface area contributed by atoms with Crippen LogP contribution < -0.4 is 10.2 Å². The van der Waals surface area contributed by atoms with E-state index in [-0.39, 0.29) is 6.61 Å². The van der Waals surface area contributed by atoms with Crippen LogP contribution in [0.5, 0.6) is 0 Å². The third-order valence-corrected chi connectivity index (χ3v) is 4.70. The molecule has 2 aromatic carbocycles. The van der Waals surface area contributed by atoms with Crippen molar-refractivity contribution in [2.45, 2.75) is 0 Å². The van der Waals surface area contributed by atoms with Crippen LogP contribution in [0, 0.1) is 0 Å². The van der Waals surface area contributed by atoms with Crippen LogP contribution in [0.2, 0.25) is 0 Å². The molecule has 3 aromatic rings. The summed E-state index contributed by atoms with van der Waals surface area (Å²) < 4.78 is 0. The number of rotatable bonds is 5. The minimum absolute atomic E-state index is 0.206. The fourth-order valence-electron chi connectivity index (χ4n) is 3.27. The smallest absolute Gasteiger partial charge is 0.227 e. The Morgan fingerprint density at radius 1 is 0.885 bits per heavy atom. The van der Waals surface area contributed by atoms with Gasteiger partial charge in [-0.15, -0.1) is 0 Å². The largest absolute Gasteiger partial charge is 0.395 e. The molecule has 0 bridgehead atoms.